The molecule has 2 unspecified atom stereocenters. The van der Waals surface area contributed by atoms with Crippen molar-refractivity contribution < 1.29 is 32.5 Å². The number of allylic oxidation sites excluding steroid dienone is 1. The van der Waals surface area contributed by atoms with Gasteiger partial charge in [-0.15, -0.1) is 0 Å². The number of benzene rings is 2. The van der Waals surface area contributed by atoms with Gasteiger partial charge in [0.2, 0.25) is 0 Å². The van der Waals surface area contributed by atoms with Gasteiger partial charge in [-0.1, -0.05) is 151 Å². The molecule has 1 fully saturated rings. The van der Waals surface area contributed by atoms with Crippen LogP contribution in [0, 0.1) is 0 Å². The molecule has 0 aromatic heterocycles. The van der Waals surface area contributed by atoms with Crippen molar-refractivity contribution >= 4 is 13.6 Å². The minimum atomic E-state index is -4.70. The molecule has 1 aliphatic rings. The number of likely N-dealkylation sites (tertiary alicyclic amines) is 1. The van der Waals surface area contributed by atoms with Crippen LogP contribution in [0.4, 0.5) is 0 Å². The fourth-order valence-electron chi connectivity index (χ4n) is 6.19. The summed E-state index contributed by atoms with van der Waals surface area (Å²) in [5.41, 5.74) is 2.68. The van der Waals surface area contributed by atoms with Gasteiger partial charge in [0, 0.05) is 25.0 Å². The molecular formula is C39H62NO6P. The number of ether oxygens (including phenoxy) is 2. The van der Waals surface area contributed by atoms with E-state index in [1.54, 1.807) is 0 Å². The van der Waals surface area contributed by atoms with Gasteiger partial charge in [-0.2, -0.15) is 0 Å². The SMILES string of the molecule is CCCCCCCCCCCCCCCCOCC(COP(=O)([O-])OC(=C1CCC[N+]1(C)C)c1ccccc1)OCc1ccccc1. The van der Waals surface area contributed by atoms with Gasteiger partial charge in [-0.3, -0.25) is 9.05 Å². The first-order valence-corrected chi connectivity index (χ1v) is 19.8. The Hall–Kier alpha value is -1.99. The van der Waals surface area contributed by atoms with Crippen LogP contribution in [-0.2, 0) is 29.7 Å². The number of rotatable bonds is 26. The van der Waals surface area contributed by atoms with Gasteiger partial charge in [-0.25, -0.2) is 0 Å². The summed E-state index contributed by atoms with van der Waals surface area (Å²) in [6, 6.07) is 19.2. The van der Waals surface area contributed by atoms with E-state index in [1.165, 1.54) is 77.0 Å². The van der Waals surface area contributed by atoms with Crippen LogP contribution in [0.25, 0.3) is 5.76 Å². The number of phosphoric ester groups is 1. The van der Waals surface area contributed by atoms with Crippen molar-refractivity contribution in [3.8, 4) is 0 Å². The minimum Gasteiger partial charge on any atom is -0.746 e. The van der Waals surface area contributed by atoms with Crippen molar-refractivity contribution in [2.24, 2.45) is 0 Å². The summed E-state index contributed by atoms with van der Waals surface area (Å²) < 4.78 is 37.1. The zero-order valence-electron chi connectivity index (χ0n) is 29.5. The minimum absolute atomic E-state index is 0.179. The van der Waals surface area contributed by atoms with Gasteiger partial charge in [0.25, 0.3) is 0 Å². The van der Waals surface area contributed by atoms with E-state index in [-0.39, 0.29) is 13.2 Å². The van der Waals surface area contributed by atoms with Crippen molar-refractivity contribution in [3.63, 3.8) is 0 Å². The Morgan fingerprint density at radius 3 is 1.89 bits per heavy atom. The molecular weight excluding hydrogens is 609 g/mol. The van der Waals surface area contributed by atoms with E-state index in [0.717, 1.165) is 49.1 Å². The average molecular weight is 672 g/mol. The van der Waals surface area contributed by atoms with E-state index in [2.05, 4.69) is 21.0 Å². The number of hydrogen-bond acceptors (Lipinski definition) is 6. The van der Waals surface area contributed by atoms with E-state index in [0.29, 0.717) is 23.5 Å². The first-order valence-electron chi connectivity index (χ1n) is 18.3. The van der Waals surface area contributed by atoms with Crippen LogP contribution in [0.5, 0.6) is 0 Å². The molecule has 8 heteroatoms. The molecule has 2 atom stereocenters. The maximum Gasteiger partial charge on any atom is 0.320 e. The molecule has 1 heterocycles. The van der Waals surface area contributed by atoms with Crippen LogP contribution in [-0.4, -0.2) is 51.0 Å². The van der Waals surface area contributed by atoms with E-state index >= 15 is 0 Å². The topological polar surface area (TPSA) is 77.1 Å². The fraction of sp³-hybridized carbons (Fsp3) is 0.641. The lowest BCUT2D eigenvalue weighted by molar-refractivity contribution is -0.842. The summed E-state index contributed by atoms with van der Waals surface area (Å²) in [6.07, 6.45) is 19.5. The molecule has 3 rings (SSSR count). The van der Waals surface area contributed by atoms with Gasteiger partial charge in [0.1, 0.15) is 6.10 Å². The fourth-order valence-corrected chi connectivity index (χ4v) is 7.02. The van der Waals surface area contributed by atoms with Crippen molar-refractivity contribution in [1.82, 2.24) is 0 Å². The zero-order valence-corrected chi connectivity index (χ0v) is 30.4. The maximum absolute atomic E-state index is 13.2. The first kappa shape index (κ1) is 39.4. The van der Waals surface area contributed by atoms with Gasteiger partial charge in [-0.05, 0) is 12.0 Å². The van der Waals surface area contributed by atoms with Crippen LogP contribution in [0.3, 0.4) is 0 Å². The van der Waals surface area contributed by atoms with Crippen LogP contribution in [0.2, 0.25) is 0 Å². The molecule has 1 aliphatic heterocycles. The molecule has 0 radical (unpaired) electrons. The Morgan fingerprint density at radius 1 is 0.787 bits per heavy atom. The summed E-state index contributed by atoms with van der Waals surface area (Å²) in [5, 5.41) is 0. The van der Waals surface area contributed by atoms with Gasteiger partial charge in [0.05, 0.1) is 40.5 Å². The first-order chi connectivity index (χ1) is 22.8. The Morgan fingerprint density at radius 2 is 1.34 bits per heavy atom. The molecule has 0 aliphatic carbocycles. The predicted octanol–water partition coefficient (Wildman–Crippen LogP) is 9.81. The third-order valence-corrected chi connectivity index (χ3v) is 9.93. The molecule has 7 nitrogen and oxygen atoms in total. The maximum atomic E-state index is 13.2. The lowest BCUT2D eigenvalue weighted by Crippen LogP contribution is -2.35. The molecule has 264 valence electrons. The molecule has 0 saturated carbocycles. The zero-order chi connectivity index (χ0) is 33.6. The Balaban J connectivity index is 1.41. The predicted molar refractivity (Wildman–Crippen MR) is 190 cm³/mol. The summed E-state index contributed by atoms with van der Waals surface area (Å²) in [7, 11) is -0.547. The third-order valence-electron chi connectivity index (χ3n) is 9.06. The summed E-state index contributed by atoms with van der Waals surface area (Å²) in [5.74, 6) is 0.363. The van der Waals surface area contributed by atoms with E-state index in [1.807, 2.05) is 60.7 Å². The van der Waals surface area contributed by atoms with Crippen LogP contribution in [0.15, 0.2) is 66.4 Å². The van der Waals surface area contributed by atoms with E-state index < -0.39 is 13.9 Å². The van der Waals surface area contributed by atoms with Crippen molar-refractivity contribution in [3.05, 3.63) is 77.5 Å². The molecule has 0 amide bonds. The standard InChI is InChI=1S/C39H62NO6P/c1-4-5-6-7-8-9-10-11-12-13-14-15-16-23-31-43-33-37(44-32-35-25-19-17-20-26-35)34-45-47(41,42)46-39(36-27-21-18-22-28-36)38-29-24-30-40(38,2)3/h17-22,25-28,37H,4-16,23-24,29-34H2,1-3H3. The number of hydrogen-bond donors (Lipinski definition) is 0. The number of unbranched alkanes of at least 4 members (excludes halogenated alkanes) is 13. The monoisotopic (exact) mass is 671 g/mol. The Labute approximate surface area is 285 Å². The summed E-state index contributed by atoms with van der Waals surface area (Å²) >= 11 is 0. The highest BCUT2D eigenvalue weighted by Crippen LogP contribution is 2.47. The Kier molecular flexibility index (Phi) is 19.0. The lowest BCUT2D eigenvalue weighted by atomic mass is 10.0. The second-order valence-corrected chi connectivity index (χ2v) is 14.9. The average Bonchev–Trinajstić information content (AvgIpc) is 3.43. The van der Waals surface area contributed by atoms with Crippen molar-refractivity contribution in [2.45, 2.75) is 122 Å². The molecule has 0 bridgehead atoms. The third kappa shape index (κ3) is 16.3. The van der Waals surface area contributed by atoms with Crippen LogP contribution < -0.4 is 4.89 Å². The number of quaternary nitrogens is 1. The highest BCUT2D eigenvalue weighted by molar-refractivity contribution is 7.46. The highest BCUT2D eigenvalue weighted by atomic mass is 31.2. The molecule has 0 spiro atoms. The molecule has 2 aromatic carbocycles. The van der Waals surface area contributed by atoms with E-state index in [9.17, 15) is 9.46 Å². The lowest BCUT2D eigenvalue weighted by Gasteiger charge is -2.31. The molecule has 1 saturated heterocycles. The van der Waals surface area contributed by atoms with Gasteiger partial charge < -0.3 is 23.4 Å². The van der Waals surface area contributed by atoms with Gasteiger partial charge in [0.15, 0.2) is 11.5 Å². The van der Waals surface area contributed by atoms with E-state index in [4.69, 9.17) is 18.5 Å². The van der Waals surface area contributed by atoms with Crippen LogP contribution in [0.1, 0.15) is 121 Å². The second-order valence-electron chi connectivity index (χ2n) is 13.6. The number of phosphoric acid groups is 1. The molecule has 2 aromatic rings. The molecule has 0 N–H and O–H groups in total. The van der Waals surface area contributed by atoms with Crippen molar-refractivity contribution in [2.75, 3.05) is 40.5 Å². The Bertz CT molecular complexity index is 1170. The molecule has 47 heavy (non-hydrogen) atoms. The quantitative estimate of drug-likeness (QED) is 0.0429. The summed E-state index contributed by atoms with van der Waals surface area (Å²) in [4.78, 5) is 13.2. The second kappa shape index (κ2) is 22.6. The van der Waals surface area contributed by atoms with Gasteiger partial charge >= 0.3 is 7.82 Å². The van der Waals surface area contributed by atoms with Crippen molar-refractivity contribution in [1.29, 1.82) is 0 Å². The smallest absolute Gasteiger partial charge is 0.320 e. The van der Waals surface area contributed by atoms with Crippen LogP contribution >= 0.6 is 7.82 Å². The summed E-state index contributed by atoms with van der Waals surface area (Å²) in [6.45, 7) is 4.22. The normalized spacial score (nSPS) is 17.4. The highest BCUT2D eigenvalue weighted by Gasteiger charge is 2.35. The number of nitrogens with zero attached hydrogens (tertiary/aromatic N) is 1. The largest absolute Gasteiger partial charge is 0.746 e.